The fourth-order valence-corrected chi connectivity index (χ4v) is 6.39. The number of rotatable bonds is 15. The van der Waals surface area contributed by atoms with Crippen LogP contribution in [0.15, 0.2) is 102 Å². The number of nitrogens with one attached hydrogen (secondary N) is 2. The molecule has 10 heteroatoms. The first-order chi connectivity index (χ1) is 25.6. The Hall–Kier alpha value is -5.09. The van der Waals surface area contributed by atoms with Gasteiger partial charge in [-0.1, -0.05) is 55.0 Å². The molecule has 1 aliphatic heterocycles. The van der Waals surface area contributed by atoms with Crippen LogP contribution in [0.5, 0.6) is 40.2 Å². The SMILES string of the molecule is Br.COc1cc(CCNC(=NCc2cccc(Oc3ccc4ccccc4c3)c2)NCCc2ccc3c(c2)OCCO3)cc(OC)c1OCC1CCC1. The third kappa shape index (κ3) is 10.1. The van der Waals surface area contributed by atoms with Gasteiger partial charge < -0.3 is 39.1 Å². The van der Waals surface area contributed by atoms with Crippen molar-refractivity contribution in [2.45, 2.75) is 38.6 Å². The number of aliphatic imine (C=N–C) groups is 1. The molecule has 0 radical (unpaired) electrons. The van der Waals surface area contributed by atoms with Gasteiger partial charge in [-0.05, 0) is 108 Å². The van der Waals surface area contributed by atoms with Crippen molar-refractivity contribution in [3.63, 3.8) is 0 Å². The van der Waals surface area contributed by atoms with Crippen LogP contribution in [-0.2, 0) is 19.4 Å². The van der Waals surface area contributed by atoms with Crippen LogP contribution in [-0.4, -0.2) is 53.1 Å². The van der Waals surface area contributed by atoms with Crippen LogP contribution in [0.25, 0.3) is 10.8 Å². The van der Waals surface area contributed by atoms with Crippen molar-refractivity contribution in [3.05, 3.63) is 114 Å². The Kier molecular flexibility index (Phi) is 13.2. The van der Waals surface area contributed by atoms with E-state index in [0.29, 0.717) is 62.6 Å². The van der Waals surface area contributed by atoms with Gasteiger partial charge >= 0.3 is 0 Å². The zero-order valence-electron chi connectivity index (χ0n) is 30.4. The number of nitrogens with zero attached hydrogens (tertiary/aromatic N) is 1. The topological polar surface area (TPSA) is 91.8 Å². The quantitative estimate of drug-likeness (QED) is 0.0806. The van der Waals surface area contributed by atoms with E-state index in [1.807, 2.05) is 54.6 Å². The number of hydrogen-bond acceptors (Lipinski definition) is 7. The summed E-state index contributed by atoms with van der Waals surface area (Å²) in [6.07, 6.45) is 5.23. The predicted octanol–water partition coefficient (Wildman–Crippen LogP) is 8.70. The Morgan fingerprint density at radius 2 is 1.42 bits per heavy atom. The van der Waals surface area contributed by atoms with E-state index in [9.17, 15) is 0 Å². The number of fused-ring (bicyclic) bond motifs is 2. The standard InChI is InChI=1S/C43H47N3O6.BrH/c1-47-40-25-32(26-41(48-2)42(40)51-29-31-7-5-8-31)18-20-45-43(44-19-17-30-13-16-38-39(24-30)50-22-21-49-38)46-28-33-9-6-12-36(23-33)52-37-15-14-34-10-3-4-11-35(34)27-37;/h3-4,6,9-16,23-27,31H,5,7-8,17-22,28-29H2,1-2H3,(H2,44,45,46);1H. The van der Waals surface area contributed by atoms with Crippen molar-refractivity contribution >= 4 is 33.7 Å². The van der Waals surface area contributed by atoms with Crippen LogP contribution in [0.4, 0.5) is 0 Å². The van der Waals surface area contributed by atoms with Gasteiger partial charge in [-0.2, -0.15) is 0 Å². The molecule has 53 heavy (non-hydrogen) atoms. The van der Waals surface area contributed by atoms with E-state index >= 15 is 0 Å². The fraction of sp³-hybridized carbons (Fsp3) is 0.326. The third-order valence-corrected chi connectivity index (χ3v) is 9.50. The van der Waals surface area contributed by atoms with Crippen LogP contribution in [0.3, 0.4) is 0 Å². The van der Waals surface area contributed by atoms with Crippen molar-refractivity contribution in [1.82, 2.24) is 10.6 Å². The van der Waals surface area contributed by atoms with Gasteiger partial charge in [0.2, 0.25) is 5.75 Å². The molecule has 0 spiro atoms. The van der Waals surface area contributed by atoms with Gasteiger partial charge in [-0.25, -0.2) is 4.99 Å². The maximum Gasteiger partial charge on any atom is 0.203 e. The summed E-state index contributed by atoms with van der Waals surface area (Å²) in [5.41, 5.74) is 3.28. The molecule has 1 saturated carbocycles. The highest BCUT2D eigenvalue weighted by molar-refractivity contribution is 8.93. The second-order valence-corrected chi connectivity index (χ2v) is 13.2. The summed E-state index contributed by atoms with van der Waals surface area (Å²) in [5, 5.41) is 9.40. The van der Waals surface area contributed by atoms with Gasteiger partial charge in [0.05, 0.1) is 27.4 Å². The lowest BCUT2D eigenvalue weighted by Gasteiger charge is -2.26. The molecule has 1 heterocycles. The number of methoxy groups -OCH3 is 2. The summed E-state index contributed by atoms with van der Waals surface area (Å²) in [4.78, 5) is 4.98. The van der Waals surface area contributed by atoms with Gasteiger partial charge in [-0.15, -0.1) is 17.0 Å². The number of halogens is 1. The van der Waals surface area contributed by atoms with E-state index in [1.54, 1.807) is 14.2 Å². The minimum atomic E-state index is 0. The molecule has 0 atom stereocenters. The minimum Gasteiger partial charge on any atom is -0.493 e. The molecule has 5 aromatic carbocycles. The van der Waals surface area contributed by atoms with Crippen LogP contribution in [0.2, 0.25) is 0 Å². The maximum absolute atomic E-state index is 6.25. The van der Waals surface area contributed by atoms with Gasteiger partial charge in [0.25, 0.3) is 0 Å². The van der Waals surface area contributed by atoms with E-state index in [4.69, 9.17) is 33.4 Å². The van der Waals surface area contributed by atoms with E-state index < -0.39 is 0 Å². The lowest BCUT2D eigenvalue weighted by molar-refractivity contribution is 0.171. The zero-order chi connectivity index (χ0) is 35.5. The maximum atomic E-state index is 6.25. The van der Waals surface area contributed by atoms with Crippen LogP contribution in [0, 0.1) is 5.92 Å². The van der Waals surface area contributed by atoms with Gasteiger partial charge in [0.15, 0.2) is 29.0 Å². The lowest BCUT2D eigenvalue weighted by Crippen LogP contribution is -2.39. The molecule has 2 N–H and O–H groups in total. The summed E-state index contributed by atoms with van der Waals surface area (Å²) in [5.74, 6) is 6.54. The molecular formula is C43H48BrN3O6. The average molecular weight is 783 g/mol. The first kappa shape index (κ1) is 37.7. The molecule has 0 amide bonds. The summed E-state index contributed by atoms with van der Waals surface area (Å²) >= 11 is 0. The molecule has 7 rings (SSSR count). The molecule has 2 aliphatic rings. The predicted molar refractivity (Wildman–Crippen MR) is 215 cm³/mol. The molecule has 0 unspecified atom stereocenters. The summed E-state index contributed by atoms with van der Waals surface area (Å²) in [6, 6.07) is 32.7. The molecule has 1 aliphatic carbocycles. The van der Waals surface area contributed by atoms with Crippen molar-refractivity contribution in [2.75, 3.05) is 47.1 Å². The van der Waals surface area contributed by atoms with E-state index in [1.165, 1.54) is 24.6 Å². The van der Waals surface area contributed by atoms with Crippen molar-refractivity contribution in [1.29, 1.82) is 0 Å². The molecular weight excluding hydrogens is 734 g/mol. The monoisotopic (exact) mass is 781 g/mol. The Bertz CT molecular complexity index is 1970. The highest BCUT2D eigenvalue weighted by Gasteiger charge is 2.21. The molecule has 5 aromatic rings. The molecule has 0 aromatic heterocycles. The Morgan fingerprint density at radius 3 is 2.15 bits per heavy atom. The van der Waals surface area contributed by atoms with Crippen LogP contribution in [0.1, 0.15) is 36.0 Å². The van der Waals surface area contributed by atoms with Gasteiger partial charge in [0, 0.05) is 13.1 Å². The van der Waals surface area contributed by atoms with E-state index in [-0.39, 0.29) is 17.0 Å². The normalized spacial score (nSPS) is 13.7. The largest absolute Gasteiger partial charge is 0.493 e. The number of hydrogen-bond donors (Lipinski definition) is 2. The third-order valence-electron chi connectivity index (χ3n) is 9.50. The Balaban J connectivity index is 0.00000481. The van der Waals surface area contributed by atoms with Gasteiger partial charge in [0.1, 0.15) is 24.7 Å². The first-order valence-corrected chi connectivity index (χ1v) is 18.2. The van der Waals surface area contributed by atoms with Crippen LogP contribution < -0.4 is 39.1 Å². The van der Waals surface area contributed by atoms with E-state index in [2.05, 4.69) is 53.1 Å². The number of benzene rings is 5. The van der Waals surface area contributed by atoms with Crippen LogP contribution >= 0.6 is 17.0 Å². The van der Waals surface area contributed by atoms with Gasteiger partial charge in [-0.3, -0.25) is 0 Å². The highest BCUT2D eigenvalue weighted by Crippen LogP contribution is 2.40. The number of guanidine groups is 1. The summed E-state index contributed by atoms with van der Waals surface area (Å²) < 4.78 is 35.4. The lowest BCUT2D eigenvalue weighted by atomic mass is 9.86. The van der Waals surface area contributed by atoms with Crippen molar-refractivity contribution in [2.24, 2.45) is 10.9 Å². The van der Waals surface area contributed by atoms with Crippen molar-refractivity contribution < 1.29 is 28.4 Å². The van der Waals surface area contributed by atoms with Crippen molar-refractivity contribution in [3.8, 4) is 40.2 Å². The molecule has 0 saturated heterocycles. The molecule has 1 fully saturated rings. The highest BCUT2D eigenvalue weighted by atomic mass is 79.9. The second kappa shape index (κ2) is 18.6. The fourth-order valence-electron chi connectivity index (χ4n) is 6.39. The smallest absolute Gasteiger partial charge is 0.203 e. The molecule has 278 valence electrons. The molecule has 0 bridgehead atoms. The second-order valence-electron chi connectivity index (χ2n) is 13.2. The zero-order valence-corrected chi connectivity index (χ0v) is 32.1. The molecule has 9 nitrogen and oxygen atoms in total. The minimum absolute atomic E-state index is 0. The summed E-state index contributed by atoms with van der Waals surface area (Å²) in [7, 11) is 3.34. The number of ether oxygens (including phenoxy) is 6. The Labute approximate surface area is 322 Å². The van der Waals surface area contributed by atoms with E-state index in [0.717, 1.165) is 63.9 Å². The Morgan fingerprint density at radius 1 is 0.698 bits per heavy atom. The first-order valence-electron chi connectivity index (χ1n) is 18.2. The summed E-state index contributed by atoms with van der Waals surface area (Å²) in [6.45, 7) is 3.64. The average Bonchev–Trinajstić information content (AvgIpc) is 3.16.